The molecule has 0 saturated heterocycles. The van der Waals surface area contributed by atoms with E-state index < -0.39 is 0 Å². The van der Waals surface area contributed by atoms with Gasteiger partial charge in [-0.2, -0.15) is 5.10 Å². The molecule has 1 aromatic carbocycles. The van der Waals surface area contributed by atoms with Crippen LogP contribution in [0.25, 0.3) is 10.9 Å². The Kier molecular flexibility index (Phi) is 2.70. The SMILES string of the molecule is NCCCc1[nH]nc2c(Cl)cccc12. The molecule has 0 fully saturated rings. The van der Waals surface area contributed by atoms with Crippen LogP contribution in [0.4, 0.5) is 0 Å². The van der Waals surface area contributed by atoms with Gasteiger partial charge in [0.25, 0.3) is 0 Å². The fourth-order valence-corrected chi connectivity index (χ4v) is 1.74. The Hall–Kier alpha value is -1.06. The molecule has 0 aliphatic heterocycles. The van der Waals surface area contributed by atoms with E-state index in [4.69, 9.17) is 17.3 Å². The van der Waals surface area contributed by atoms with E-state index in [1.165, 1.54) is 0 Å². The van der Waals surface area contributed by atoms with Gasteiger partial charge in [0, 0.05) is 11.1 Å². The second-order valence-corrected chi connectivity index (χ2v) is 3.64. The van der Waals surface area contributed by atoms with Crippen LogP contribution in [-0.4, -0.2) is 16.7 Å². The third-order valence-corrected chi connectivity index (χ3v) is 2.55. The van der Waals surface area contributed by atoms with Gasteiger partial charge in [-0.3, -0.25) is 5.10 Å². The standard InChI is InChI=1S/C10H12ClN3/c11-8-4-1-3-7-9(5-2-6-12)13-14-10(7)8/h1,3-4H,2,5-6,12H2,(H,13,14). The third-order valence-electron chi connectivity index (χ3n) is 2.25. The molecule has 0 spiro atoms. The van der Waals surface area contributed by atoms with Crippen LogP contribution in [0.3, 0.4) is 0 Å². The number of aryl methyl sites for hydroxylation is 1. The van der Waals surface area contributed by atoms with Crippen LogP contribution in [-0.2, 0) is 6.42 Å². The smallest absolute Gasteiger partial charge is 0.111 e. The zero-order valence-corrected chi connectivity index (χ0v) is 8.51. The first-order valence-electron chi connectivity index (χ1n) is 4.64. The van der Waals surface area contributed by atoms with Crippen molar-refractivity contribution in [1.82, 2.24) is 10.2 Å². The van der Waals surface area contributed by atoms with Crippen molar-refractivity contribution in [2.24, 2.45) is 5.73 Å². The first-order valence-corrected chi connectivity index (χ1v) is 5.02. The summed E-state index contributed by atoms with van der Waals surface area (Å²) in [4.78, 5) is 0. The van der Waals surface area contributed by atoms with E-state index in [2.05, 4.69) is 10.2 Å². The largest absolute Gasteiger partial charge is 0.330 e. The summed E-state index contributed by atoms with van der Waals surface area (Å²) in [5.74, 6) is 0. The number of aromatic nitrogens is 2. The predicted molar refractivity (Wildman–Crippen MR) is 58.5 cm³/mol. The molecule has 74 valence electrons. The van der Waals surface area contributed by atoms with Gasteiger partial charge in [0.05, 0.1) is 5.02 Å². The van der Waals surface area contributed by atoms with Crippen molar-refractivity contribution in [3.63, 3.8) is 0 Å². The molecule has 2 aromatic rings. The van der Waals surface area contributed by atoms with Crippen LogP contribution >= 0.6 is 11.6 Å². The Bertz CT molecular complexity index is 436. The molecule has 1 aromatic heterocycles. The first kappa shape index (κ1) is 9.49. The second kappa shape index (κ2) is 3.98. The van der Waals surface area contributed by atoms with Crippen molar-refractivity contribution in [2.45, 2.75) is 12.8 Å². The maximum Gasteiger partial charge on any atom is 0.111 e. The van der Waals surface area contributed by atoms with Gasteiger partial charge in [-0.25, -0.2) is 0 Å². The van der Waals surface area contributed by atoms with Crippen LogP contribution in [0.15, 0.2) is 18.2 Å². The quantitative estimate of drug-likeness (QED) is 0.814. The Balaban J connectivity index is 2.42. The number of H-pyrrole nitrogens is 1. The van der Waals surface area contributed by atoms with E-state index in [0.29, 0.717) is 11.6 Å². The van der Waals surface area contributed by atoms with Gasteiger partial charge in [0.1, 0.15) is 5.52 Å². The molecule has 0 unspecified atom stereocenters. The molecule has 2 rings (SSSR count). The van der Waals surface area contributed by atoms with Gasteiger partial charge >= 0.3 is 0 Å². The van der Waals surface area contributed by atoms with Crippen LogP contribution in [0.5, 0.6) is 0 Å². The summed E-state index contributed by atoms with van der Waals surface area (Å²) in [6.45, 7) is 0.696. The van der Waals surface area contributed by atoms with Crippen molar-refractivity contribution in [3.8, 4) is 0 Å². The van der Waals surface area contributed by atoms with Crippen LogP contribution < -0.4 is 5.73 Å². The summed E-state index contributed by atoms with van der Waals surface area (Å²) in [6.07, 6.45) is 1.89. The lowest BCUT2D eigenvalue weighted by Crippen LogP contribution is -2.00. The average molecular weight is 210 g/mol. The van der Waals surface area contributed by atoms with E-state index in [0.717, 1.165) is 29.4 Å². The van der Waals surface area contributed by atoms with Gasteiger partial charge in [-0.1, -0.05) is 23.7 Å². The highest BCUT2D eigenvalue weighted by Gasteiger charge is 2.06. The zero-order chi connectivity index (χ0) is 9.97. The van der Waals surface area contributed by atoms with Crippen LogP contribution in [0, 0.1) is 0 Å². The molecule has 1 heterocycles. The fraction of sp³-hybridized carbons (Fsp3) is 0.300. The normalized spacial score (nSPS) is 11.0. The Labute approximate surface area is 87.2 Å². The van der Waals surface area contributed by atoms with E-state index >= 15 is 0 Å². The molecule has 0 saturated carbocycles. The monoisotopic (exact) mass is 209 g/mol. The topological polar surface area (TPSA) is 54.7 Å². The Morgan fingerprint density at radius 3 is 3.07 bits per heavy atom. The highest BCUT2D eigenvalue weighted by atomic mass is 35.5. The lowest BCUT2D eigenvalue weighted by molar-refractivity contribution is 0.808. The van der Waals surface area contributed by atoms with Crippen LogP contribution in [0.2, 0.25) is 5.02 Å². The molecule has 0 atom stereocenters. The van der Waals surface area contributed by atoms with Crippen molar-refractivity contribution in [1.29, 1.82) is 0 Å². The summed E-state index contributed by atoms with van der Waals surface area (Å²) >= 11 is 6.00. The highest BCUT2D eigenvalue weighted by molar-refractivity contribution is 6.35. The van der Waals surface area contributed by atoms with Gasteiger partial charge in [-0.15, -0.1) is 0 Å². The van der Waals surface area contributed by atoms with Crippen LogP contribution in [0.1, 0.15) is 12.1 Å². The maximum atomic E-state index is 6.00. The molecule has 4 heteroatoms. The summed E-state index contributed by atoms with van der Waals surface area (Å²) in [7, 11) is 0. The molecule has 3 N–H and O–H groups in total. The van der Waals surface area contributed by atoms with E-state index in [1.54, 1.807) is 0 Å². The lowest BCUT2D eigenvalue weighted by Gasteiger charge is -1.96. The molecule has 0 bridgehead atoms. The van der Waals surface area contributed by atoms with Crippen molar-refractivity contribution < 1.29 is 0 Å². The van der Waals surface area contributed by atoms with Gasteiger partial charge in [0.2, 0.25) is 0 Å². The number of fused-ring (bicyclic) bond motifs is 1. The van der Waals surface area contributed by atoms with E-state index in [1.807, 2.05) is 18.2 Å². The minimum absolute atomic E-state index is 0.692. The molecule has 0 radical (unpaired) electrons. The molecule has 3 nitrogen and oxygen atoms in total. The minimum atomic E-state index is 0.692. The summed E-state index contributed by atoms with van der Waals surface area (Å²) in [5.41, 5.74) is 7.43. The Morgan fingerprint density at radius 2 is 2.29 bits per heavy atom. The van der Waals surface area contributed by atoms with E-state index in [9.17, 15) is 0 Å². The average Bonchev–Trinajstić information content (AvgIpc) is 2.60. The summed E-state index contributed by atoms with van der Waals surface area (Å²) in [6, 6.07) is 5.81. The molecule has 0 aliphatic carbocycles. The molecular weight excluding hydrogens is 198 g/mol. The number of aromatic amines is 1. The number of hydrogen-bond donors (Lipinski definition) is 2. The third kappa shape index (κ3) is 1.61. The summed E-state index contributed by atoms with van der Waals surface area (Å²) in [5, 5.41) is 8.97. The highest BCUT2D eigenvalue weighted by Crippen LogP contribution is 2.23. The number of hydrogen-bond acceptors (Lipinski definition) is 2. The van der Waals surface area contributed by atoms with Crippen molar-refractivity contribution >= 4 is 22.5 Å². The van der Waals surface area contributed by atoms with Gasteiger partial charge < -0.3 is 5.73 Å². The van der Waals surface area contributed by atoms with Crippen molar-refractivity contribution in [2.75, 3.05) is 6.54 Å². The fourth-order valence-electron chi connectivity index (χ4n) is 1.53. The maximum absolute atomic E-state index is 6.00. The molecule has 14 heavy (non-hydrogen) atoms. The number of nitrogens with zero attached hydrogens (tertiary/aromatic N) is 1. The first-order chi connectivity index (χ1) is 6.83. The number of benzene rings is 1. The van der Waals surface area contributed by atoms with E-state index in [-0.39, 0.29) is 0 Å². The number of nitrogens with one attached hydrogen (secondary N) is 1. The molecular formula is C10H12ClN3. The second-order valence-electron chi connectivity index (χ2n) is 3.23. The molecule has 0 aliphatic rings. The molecule has 0 amide bonds. The van der Waals surface area contributed by atoms with Crippen molar-refractivity contribution in [3.05, 3.63) is 28.9 Å². The Morgan fingerprint density at radius 1 is 1.43 bits per heavy atom. The van der Waals surface area contributed by atoms with Gasteiger partial charge in [-0.05, 0) is 25.5 Å². The number of para-hydroxylation sites is 1. The number of halogens is 1. The number of rotatable bonds is 3. The minimum Gasteiger partial charge on any atom is -0.330 e. The predicted octanol–water partition coefficient (Wildman–Crippen LogP) is 2.11. The summed E-state index contributed by atoms with van der Waals surface area (Å²) < 4.78 is 0. The zero-order valence-electron chi connectivity index (χ0n) is 7.76. The van der Waals surface area contributed by atoms with Gasteiger partial charge in [0.15, 0.2) is 0 Å². The lowest BCUT2D eigenvalue weighted by atomic mass is 10.1. The number of nitrogens with two attached hydrogens (primary N) is 1.